The zero-order valence-electron chi connectivity index (χ0n) is 56.7. The summed E-state index contributed by atoms with van der Waals surface area (Å²) in [7, 11) is 0. The number of carbonyl (C=O) groups is 10. The maximum Gasteiger partial charge on any atom is 0.357 e. The fourth-order valence-electron chi connectivity index (χ4n) is 11.5. The van der Waals surface area contributed by atoms with Gasteiger partial charge in [0.05, 0.1) is 64.6 Å². The van der Waals surface area contributed by atoms with Crippen LogP contribution in [-0.2, 0) is 39.0 Å². The number of aliphatic hydroxyl groups is 5. The second-order valence-corrected chi connectivity index (χ2v) is 30.0. The number of ether oxygens (including phenoxy) is 1. The van der Waals surface area contributed by atoms with Gasteiger partial charge in [0, 0.05) is 32.8 Å². The lowest BCUT2D eigenvalue weighted by molar-refractivity contribution is -0.129. The largest absolute Gasteiger partial charge is 0.455 e. The van der Waals surface area contributed by atoms with E-state index in [-0.39, 0.29) is 94.7 Å². The molecule has 33 nitrogen and oxygen atoms in total. The van der Waals surface area contributed by atoms with Gasteiger partial charge in [0.25, 0.3) is 29.5 Å². The van der Waals surface area contributed by atoms with Crippen molar-refractivity contribution in [2.75, 3.05) is 5.75 Å². The molecule has 10 rings (SSSR count). The van der Waals surface area contributed by atoms with Gasteiger partial charge >= 0.3 is 5.97 Å². The number of hydrogen-bond acceptors (Lipinski definition) is 29. The van der Waals surface area contributed by atoms with E-state index in [0.717, 1.165) is 57.1 Å². The number of allylic oxidation sites excluding steroid dienone is 1. The van der Waals surface area contributed by atoms with Crippen molar-refractivity contribution in [2.24, 2.45) is 21.6 Å². The fraction of sp³-hybridized carbons (Fsp3) is 0.431. The number of hydrogen-bond donors (Lipinski definition) is 15. The van der Waals surface area contributed by atoms with Gasteiger partial charge in [-0.1, -0.05) is 45.2 Å². The molecular formula is C65H75N17O16S5. The number of thiazole rings is 4. The Morgan fingerprint density at radius 2 is 1.44 bits per heavy atom. The number of thioether (sulfide) groups is 1. The smallest absolute Gasteiger partial charge is 0.357 e. The summed E-state index contributed by atoms with van der Waals surface area (Å²) in [6.07, 6.45) is -3.24. The first-order chi connectivity index (χ1) is 48.6. The number of carbonyl (C=O) groups excluding carboxylic acids is 10. The molecule has 4 aliphatic heterocycles. The van der Waals surface area contributed by atoms with Gasteiger partial charge in [0.1, 0.15) is 107 Å². The number of esters is 1. The number of fused-ring (bicyclic) bond motifs is 7. The van der Waals surface area contributed by atoms with Crippen LogP contribution in [0.4, 0.5) is 0 Å². The molecule has 0 radical (unpaired) electrons. The molecule has 16 N–H and O–H groups in total. The minimum absolute atomic E-state index is 0.00198. The van der Waals surface area contributed by atoms with Gasteiger partial charge in [0.15, 0.2) is 0 Å². The highest BCUT2D eigenvalue weighted by Crippen LogP contribution is 2.48. The number of nitrogens with one attached hydrogen (secondary N) is 9. The quantitative estimate of drug-likeness (QED) is 0.0805. The van der Waals surface area contributed by atoms with Crippen LogP contribution in [0.15, 0.2) is 80.0 Å². The molecule has 0 saturated carbocycles. The van der Waals surface area contributed by atoms with Crippen molar-refractivity contribution in [1.29, 1.82) is 0 Å². The molecule has 0 fully saturated rings. The zero-order chi connectivity index (χ0) is 75.0. The SMILES string of the molecule is C=C1NC(=O)[C@H](C(C)C)N[C@@H]2C=Cc3c([C@@H](C)O)cc(nc3[C@H]2O)C(=O)O[C@H](C)C2NC(=O)c3csc(n3)C([C@](C)(O)[C@@H](C)O)NC(=O)[C@H]3CSC(=N3)/C(=C/C)NC(=O)C(C(C)O)NC(=O)c3csc(n3)[C@]3(CCC(c4nc(C(N)=O)cs4)=N[C@@H]3c3csc2n3)NC(=O)[C@H](C)NC(=O)C(=C)NC1=O. The van der Waals surface area contributed by atoms with Crippen molar-refractivity contribution in [3.63, 3.8) is 0 Å². The summed E-state index contributed by atoms with van der Waals surface area (Å²) in [5.41, 5.74) is -0.255. The van der Waals surface area contributed by atoms with Gasteiger partial charge in [-0.15, -0.1) is 57.1 Å². The molecule has 9 amide bonds. The van der Waals surface area contributed by atoms with E-state index in [1.165, 1.54) is 87.4 Å². The first kappa shape index (κ1) is 76.4. The van der Waals surface area contributed by atoms with Gasteiger partial charge in [-0.3, -0.25) is 58.5 Å². The minimum atomic E-state index is -2.18. The summed E-state index contributed by atoms with van der Waals surface area (Å²) in [4.78, 5) is 176. The van der Waals surface area contributed by atoms with Crippen molar-refractivity contribution in [2.45, 2.75) is 165 Å². The standard InChI is InChI=1S/C65H75N17O16S5/c1-12-33-58-76-40(20-100-58)55(93)81-48(64(11,97)30(10)85)61-77-39(21-102-61)53(91)80-44-29(9)98-62(96)36-17-32(27(7)83)31-13-14-34(46(86)45(31)71-36)70-42(23(2)3)56(94)69-25(5)51(89)67-24(4)50(88)68-26(6)52(90)82-65(63-78-41(22-103-63)54(92)79-43(28(8)84)57(95)73-33)16-15-35(59-75-38(19-99-59)49(66)87)72-47(65)37-18-101-60(44)74-37/h12-14,17-19,21-23,26-30,34,40,42-44,46-48,70,83-86,97H,4-5,15-16,20H2,1-3,6-11H3,(H2,66,87)(H,67,89)(H,68,88)(H,69,94)(H,73,95)(H,79,92)(H,80,91)(H,81,93)(H,82,90)/b33-12-/t26-,27+,28?,29+,30+,34+,40+,42-,43?,44?,46-,47+,48?,64+,65+/m0/s1. The van der Waals surface area contributed by atoms with Crippen LogP contribution in [-0.4, -0.2) is 180 Å². The number of nitrogens with two attached hydrogens (primary N) is 1. The number of primary amides is 1. The fourth-order valence-corrected chi connectivity index (χ4v) is 16.4. The van der Waals surface area contributed by atoms with Crippen LogP contribution >= 0.6 is 57.1 Å². The molecular weight excluding hydrogens is 1440 g/mol. The van der Waals surface area contributed by atoms with E-state index in [2.05, 4.69) is 81.0 Å². The number of cyclic esters (lactones) is 1. The maximum absolute atomic E-state index is 15.2. The van der Waals surface area contributed by atoms with Crippen molar-refractivity contribution < 1.29 is 78.2 Å². The number of nitrogens with zero attached hydrogens (tertiary/aromatic N) is 7. The summed E-state index contributed by atoms with van der Waals surface area (Å²) in [6, 6.07) is -9.94. The van der Waals surface area contributed by atoms with Crippen molar-refractivity contribution >= 4 is 133 Å². The highest BCUT2D eigenvalue weighted by atomic mass is 32.2. The summed E-state index contributed by atoms with van der Waals surface area (Å²) >= 11 is 4.66. The van der Waals surface area contributed by atoms with Gasteiger partial charge in [-0.25, -0.2) is 29.7 Å². The molecule has 4 unspecified atom stereocenters. The molecule has 103 heavy (non-hydrogen) atoms. The number of aliphatic hydroxyl groups excluding tert-OH is 4. The van der Waals surface area contributed by atoms with Crippen LogP contribution < -0.4 is 53.6 Å². The number of amides is 9. The Morgan fingerprint density at radius 1 is 0.757 bits per heavy atom. The molecule has 1 aliphatic carbocycles. The number of aliphatic imine (C=N–C) groups is 2. The van der Waals surface area contributed by atoms with Crippen LogP contribution in [0.3, 0.4) is 0 Å². The van der Waals surface area contributed by atoms with Crippen molar-refractivity contribution in [1.82, 2.24) is 72.8 Å². The number of aromatic nitrogens is 5. The lowest BCUT2D eigenvalue weighted by Gasteiger charge is -2.41. The van der Waals surface area contributed by atoms with E-state index < -0.39 is 172 Å². The Labute approximate surface area is 608 Å². The number of rotatable bonds is 7. The molecule has 546 valence electrons. The van der Waals surface area contributed by atoms with E-state index in [0.29, 0.717) is 0 Å². The lowest BCUT2D eigenvalue weighted by atomic mass is 9.80. The molecule has 9 heterocycles. The number of pyridine rings is 1. The average molecular weight is 1510 g/mol. The zero-order valence-corrected chi connectivity index (χ0v) is 60.8. The summed E-state index contributed by atoms with van der Waals surface area (Å²) in [6.45, 7) is 20.2. The molecule has 5 aromatic heterocycles. The molecule has 5 aromatic rings. The third kappa shape index (κ3) is 16.1. The first-order valence-electron chi connectivity index (χ1n) is 32.2. The molecule has 13 bridgehead atoms. The van der Waals surface area contributed by atoms with E-state index >= 15 is 9.59 Å². The molecule has 15 atom stereocenters. The van der Waals surface area contributed by atoms with Gasteiger partial charge in [0.2, 0.25) is 23.6 Å². The van der Waals surface area contributed by atoms with E-state index in [1.54, 1.807) is 20.8 Å². The molecule has 0 aromatic carbocycles. The van der Waals surface area contributed by atoms with Gasteiger partial charge in [-0.05, 0) is 78.9 Å². The molecule has 38 heteroatoms. The maximum atomic E-state index is 15.2. The Balaban J connectivity index is 1.17. The summed E-state index contributed by atoms with van der Waals surface area (Å²) < 4.78 is 6.22. The third-order valence-corrected chi connectivity index (χ3v) is 22.5. The van der Waals surface area contributed by atoms with E-state index in [1.807, 2.05) is 0 Å². The summed E-state index contributed by atoms with van der Waals surface area (Å²) in [5, 5.41) is 87.4. The normalized spacial score (nSPS) is 27.7. The average Bonchev–Trinajstić information content (AvgIpc) is 1.70. The van der Waals surface area contributed by atoms with Crippen molar-refractivity contribution in [3.8, 4) is 0 Å². The second kappa shape index (κ2) is 31.0. The lowest BCUT2D eigenvalue weighted by Crippen LogP contribution is -2.57. The van der Waals surface area contributed by atoms with Crippen LogP contribution in [0, 0.1) is 5.92 Å². The van der Waals surface area contributed by atoms with Crippen LogP contribution in [0.1, 0.15) is 190 Å². The first-order valence-corrected chi connectivity index (χ1v) is 36.7. The Morgan fingerprint density at radius 3 is 2.11 bits per heavy atom. The van der Waals surface area contributed by atoms with Gasteiger partial charge < -0.3 is 78.5 Å². The van der Waals surface area contributed by atoms with Crippen LogP contribution in [0.2, 0.25) is 0 Å². The third-order valence-electron chi connectivity index (χ3n) is 17.6. The molecule has 0 saturated heterocycles. The Bertz CT molecular complexity index is 4420. The Kier molecular flexibility index (Phi) is 23.0. The van der Waals surface area contributed by atoms with E-state index in [4.69, 9.17) is 25.4 Å². The topological polar surface area (TPSA) is 505 Å². The predicted molar refractivity (Wildman–Crippen MR) is 379 cm³/mol. The van der Waals surface area contributed by atoms with Crippen LogP contribution in [0.5, 0.6) is 0 Å². The monoisotopic (exact) mass is 1510 g/mol. The highest BCUT2D eigenvalue weighted by molar-refractivity contribution is 8.14. The second-order valence-electron chi connectivity index (χ2n) is 25.5. The van der Waals surface area contributed by atoms with Gasteiger partial charge in [-0.2, -0.15) is 0 Å². The van der Waals surface area contributed by atoms with E-state index in [9.17, 15) is 63.9 Å². The van der Waals surface area contributed by atoms with Crippen molar-refractivity contribution in [3.05, 3.63) is 135 Å². The minimum Gasteiger partial charge on any atom is -0.455 e. The molecule has 5 aliphatic rings. The predicted octanol–water partition coefficient (Wildman–Crippen LogP) is 1.25. The summed E-state index contributed by atoms with van der Waals surface area (Å²) in [5.74, 6) is -10.1. The Hall–Kier alpha value is -9.22. The molecule has 0 spiro atoms. The highest BCUT2D eigenvalue weighted by Gasteiger charge is 2.51. The van der Waals surface area contributed by atoms with Crippen LogP contribution in [0.25, 0.3) is 6.08 Å².